The number of hydrogen-bond acceptors (Lipinski definition) is 4. The van der Waals surface area contributed by atoms with Crippen molar-refractivity contribution in [3.05, 3.63) is 47.0 Å². The summed E-state index contributed by atoms with van der Waals surface area (Å²) in [5.41, 5.74) is 0.767. The normalized spacial score (nSPS) is 20.3. The van der Waals surface area contributed by atoms with Gasteiger partial charge in [0.05, 0.1) is 37.8 Å². The molecule has 1 aromatic carbocycles. The minimum Gasteiger partial charge on any atom is -0.496 e. The Morgan fingerprint density at radius 1 is 1.27 bits per heavy atom. The van der Waals surface area contributed by atoms with Crippen LogP contribution in [0.25, 0.3) is 0 Å². The molecular formula is C19H23Cl2NO4. The first kappa shape index (κ1) is 20.6. The van der Waals surface area contributed by atoms with Crippen molar-refractivity contribution < 1.29 is 19.0 Å². The highest BCUT2D eigenvalue weighted by Crippen LogP contribution is 2.28. The summed E-state index contributed by atoms with van der Waals surface area (Å²) in [5, 5.41) is 3.03. The molecule has 3 atom stereocenters. The van der Waals surface area contributed by atoms with Crippen molar-refractivity contribution >= 4 is 29.1 Å². The van der Waals surface area contributed by atoms with Gasteiger partial charge in [-0.15, -0.1) is 11.6 Å². The lowest BCUT2D eigenvalue weighted by Crippen LogP contribution is -2.40. The van der Waals surface area contributed by atoms with Gasteiger partial charge in [-0.05, 0) is 30.7 Å². The predicted molar refractivity (Wildman–Crippen MR) is 103 cm³/mol. The van der Waals surface area contributed by atoms with E-state index < -0.39 is 17.6 Å². The van der Waals surface area contributed by atoms with E-state index in [1.165, 1.54) is 0 Å². The molecule has 142 valence electrons. The number of allylic oxidation sites excluding steroid dienone is 2. The number of halogens is 2. The van der Waals surface area contributed by atoms with Crippen LogP contribution in [0.4, 0.5) is 0 Å². The fourth-order valence-corrected chi connectivity index (χ4v) is 3.19. The molecule has 1 aliphatic rings. The molecular weight excluding hydrogens is 377 g/mol. The molecule has 0 bridgehead atoms. The lowest BCUT2D eigenvalue weighted by molar-refractivity contribution is -0.135. The molecule has 5 nitrogen and oxygen atoms in total. The van der Waals surface area contributed by atoms with E-state index in [0.717, 1.165) is 5.56 Å². The average Bonchev–Trinajstić information content (AvgIpc) is 2.65. The lowest BCUT2D eigenvalue weighted by Gasteiger charge is -2.25. The first-order chi connectivity index (χ1) is 12.5. The van der Waals surface area contributed by atoms with Crippen LogP contribution in [0, 0.1) is 0 Å². The van der Waals surface area contributed by atoms with Crippen LogP contribution in [0.1, 0.15) is 18.9 Å². The van der Waals surface area contributed by atoms with Crippen LogP contribution in [-0.4, -0.2) is 37.7 Å². The van der Waals surface area contributed by atoms with Crippen molar-refractivity contribution in [3.63, 3.8) is 0 Å². The number of alkyl halides is 1. The smallest absolute Gasteiger partial charge is 0.249 e. The van der Waals surface area contributed by atoms with Crippen LogP contribution in [0.15, 0.2) is 41.5 Å². The molecule has 7 heteroatoms. The van der Waals surface area contributed by atoms with Crippen LogP contribution < -0.4 is 14.8 Å². The molecule has 2 rings (SSSR count). The number of rotatable bonds is 8. The highest BCUT2D eigenvalue weighted by molar-refractivity contribution is 6.32. The molecule has 0 radical (unpaired) electrons. The van der Waals surface area contributed by atoms with E-state index in [2.05, 4.69) is 5.32 Å². The van der Waals surface area contributed by atoms with E-state index in [-0.39, 0.29) is 12.5 Å². The molecule has 1 N–H and O–H groups in total. The summed E-state index contributed by atoms with van der Waals surface area (Å²) in [4.78, 5) is 12.6. The fourth-order valence-electron chi connectivity index (χ4n) is 2.64. The van der Waals surface area contributed by atoms with Gasteiger partial charge in [-0.2, -0.15) is 0 Å². The average molecular weight is 400 g/mol. The van der Waals surface area contributed by atoms with E-state index in [9.17, 15) is 4.79 Å². The molecule has 1 amide bonds. The van der Waals surface area contributed by atoms with Gasteiger partial charge in [0.1, 0.15) is 17.6 Å². The predicted octanol–water partition coefficient (Wildman–Crippen LogP) is 3.78. The topological polar surface area (TPSA) is 56.8 Å². The Balaban J connectivity index is 2.01. The molecule has 0 heterocycles. The van der Waals surface area contributed by atoms with Crippen molar-refractivity contribution in [2.75, 3.05) is 14.2 Å². The fraction of sp³-hybridized carbons (Fsp3) is 0.421. The number of ether oxygens (including phenoxy) is 3. The third-order valence-corrected chi connectivity index (χ3v) is 4.66. The summed E-state index contributed by atoms with van der Waals surface area (Å²) in [6, 6.07) is 5.47. The quantitative estimate of drug-likeness (QED) is 0.675. The van der Waals surface area contributed by atoms with Crippen LogP contribution in [0.3, 0.4) is 0 Å². The first-order valence-electron chi connectivity index (χ1n) is 8.32. The Bertz CT molecular complexity index is 668. The van der Waals surface area contributed by atoms with Gasteiger partial charge in [0.15, 0.2) is 0 Å². The minimum absolute atomic E-state index is 0.224. The van der Waals surface area contributed by atoms with Gasteiger partial charge in [0.2, 0.25) is 5.91 Å². The van der Waals surface area contributed by atoms with Gasteiger partial charge in [-0.1, -0.05) is 30.7 Å². The standard InChI is InChI=1S/C19H23Cl2NO4/c1-4-15(26-18-9-8-12(20)10-14(18)21)19(23)22-11-13-16(24-2)6-5-7-17(13)25-3/h5-10,14-15,18H,4,11H2,1-3H3,(H,22,23). The second kappa shape index (κ2) is 9.86. The second-order valence-corrected chi connectivity index (χ2v) is 6.65. The monoisotopic (exact) mass is 399 g/mol. The summed E-state index contributed by atoms with van der Waals surface area (Å²) >= 11 is 12.1. The van der Waals surface area contributed by atoms with Crippen LogP contribution in [0.2, 0.25) is 0 Å². The number of amides is 1. The number of nitrogens with one attached hydrogen (secondary N) is 1. The maximum atomic E-state index is 12.6. The molecule has 0 fully saturated rings. The van der Waals surface area contributed by atoms with Crippen LogP contribution in [-0.2, 0) is 16.1 Å². The van der Waals surface area contributed by atoms with Crippen LogP contribution in [0.5, 0.6) is 11.5 Å². The summed E-state index contributed by atoms with van der Waals surface area (Å²) in [6.45, 7) is 2.15. The van der Waals surface area contributed by atoms with E-state index in [4.69, 9.17) is 37.4 Å². The molecule has 0 spiro atoms. The Morgan fingerprint density at radius 2 is 1.92 bits per heavy atom. The molecule has 3 unspecified atom stereocenters. The highest BCUT2D eigenvalue weighted by Gasteiger charge is 2.26. The van der Waals surface area contributed by atoms with Gasteiger partial charge in [-0.3, -0.25) is 4.79 Å². The Labute approximate surface area is 163 Å². The van der Waals surface area contributed by atoms with Crippen molar-refractivity contribution in [2.24, 2.45) is 0 Å². The van der Waals surface area contributed by atoms with Crippen molar-refractivity contribution in [2.45, 2.75) is 37.5 Å². The summed E-state index contributed by atoms with van der Waals surface area (Å²) in [5.74, 6) is 1.07. The Morgan fingerprint density at radius 3 is 2.46 bits per heavy atom. The molecule has 1 aliphatic carbocycles. The summed E-state index contributed by atoms with van der Waals surface area (Å²) in [6.07, 6.45) is 4.65. The zero-order chi connectivity index (χ0) is 19.1. The maximum Gasteiger partial charge on any atom is 0.249 e. The van der Waals surface area contributed by atoms with E-state index in [1.807, 2.05) is 25.1 Å². The van der Waals surface area contributed by atoms with Gasteiger partial charge in [0, 0.05) is 5.03 Å². The number of benzene rings is 1. The van der Waals surface area contributed by atoms with E-state index >= 15 is 0 Å². The number of hydrogen-bond donors (Lipinski definition) is 1. The molecule has 0 aliphatic heterocycles. The summed E-state index contributed by atoms with van der Waals surface area (Å²) in [7, 11) is 3.15. The zero-order valence-electron chi connectivity index (χ0n) is 15.0. The van der Waals surface area contributed by atoms with Gasteiger partial charge in [0.25, 0.3) is 0 Å². The molecule has 0 saturated heterocycles. The van der Waals surface area contributed by atoms with Crippen molar-refractivity contribution in [1.82, 2.24) is 5.32 Å². The summed E-state index contributed by atoms with van der Waals surface area (Å²) < 4.78 is 16.6. The highest BCUT2D eigenvalue weighted by atomic mass is 35.5. The third-order valence-electron chi connectivity index (χ3n) is 4.03. The third kappa shape index (κ3) is 5.16. The van der Waals surface area contributed by atoms with Crippen LogP contribution >= 0.6 is 23.2 Å². The SMILES string of the molecule is CCC(OC1C=CC(Cl)=CC1Cl)C(=O)NCc1c(OC)cccc1OC. The van der Waals surface area contributed by atoms with Crippen molar-refractivity contribution in [3.8, 4) is 11.5 Å². The van der Waals surface area contributed by atoms with Gasteiger partial charge >= 0.3 is 0 Å². The maximum absolute atomic E-state index is 12.6. The number of methoxy groups -OCH3 is 2. The largest absolute Gasteiger partial charge is 0.496 e. The molecule has 0 saturated carbocycles. The van der Waals surface area contributed by atoms with E-state index in [0.29, 0.717) is 23.0 Å². The molecule has 26 heavy (non-hydrogen) atoms. The van der Waals surface area contributed by atoms with Gasteiger partial charge in [-0.25, -0.2) is 0 Å². The lowest BCUT2D eigenvalue weighted by atomic mass is 10.1. The minimum atomic E-state index is -0.628. The van der Waals surface area contributed by atoms with E-state index in [1.54, 1.807) is 32.4 Å². The Kier molecular flexibility index (Phi) is 7.82. The second-order valence-electron chi connectivity index (χ2n) is 5.71. The first-order valence-corrected chi connectivity index (χ1v) is 9.14. The molecule has 0 aromatic heterocycles. The number of carbonyl (C=O) groups excluding carboxylic acids is 1. The zero-order valence-corrected chi connectivity index (χ0v) is 16.5. The number of carbonyl (C=O) groups is 1. The molecule has 1 aromatic rings. The van der Waals surface area contributed by atoms with Gasteiger partial charge < -0.3 is 19.5 Å². The van der Waals surface area contributed by atoms with Crippen molar-refractivity contribution in [1.29, 1.82) is 0 Å². The Hall–Kier alpha value is -1.69.